The quantitative estimate of drug-likeness (QED) is 0.346. The van der Waals surface area contributed by atoms with Crippen LogP contribution in [-0.4, -0.2) is 110 Å². The summed E-state index contributed by atoms with van der Waals surface area (Å²) in [5, 5.41) is 3.47. The van der Waals surface area contributed by atoms with Gasteiger partial charge in [-0.1, -0.05) is 0 Å². The number of hydrogen-bond donors (Lipinski definition) is 1. The molecule has 0 bridgehead atoms. The van der Waals surface area contributed by atoms with Crippen LogP contribution in [0.15, 0.2) is 4.99 Å². The van der Waals surface area contributed by atoms with Crippen LogP contribution in [0, 0.1) is 0 Å². The third kappa shape index (κ3) is 5.95. The van der Waals surface area contributed by atoms with Crippen LogP contribution in [0.3, 0.4) is 0 Å². The van der Waals surface area contributed by atoms with Crippen molar-refractivity contribution >= 4 is 35.8 Å². The Balaban J connectivity index is 0.00000280. The van der Waals surface area contributed by atoms with Gasteiger partial charge < -0.3 is 20.0 Å². The molecule has 0 radical (unpaired) electrons. The summed E-state index contributed by atoms with van der Waals surface area (Å²) in [4.78, 5) is 26.8. The van der Waals surface area contributed by atoms with Crippen LogP contribution in [0.2, 0.25) is 0 Å². The predicted molar refractivity (Wildman–Crippen MR) is 125 cm³/mol. The Morgan fingerprint density at radius 3 is 2.29 bits per heavy atom. The number of hydrogen-bond acceptors (Lipinski definition) is 4. The summed E-state index contributed by atoms with van der Waals surface area (Å²) in [7, 11) is 2.21. The van der Waals surface area contributed by atoms with E-state index < -0.39 is 0 Å². The number of aliphatic imine (C=N–C) groups is 1. The lowest BCUT2D eigenvalue weighted by Gasteiger charge is -2.39. The van der Waals surface area contributed by atoms with Crippen molar-refractivity contribution in [1.82, 2.24) is 24.9 Å². The Labute approximate surface area is 187 Å². The van der Waals surface area contributed by atoms with Crippen molar-refractivity contribution in [3.8, 4) is 0 Å². The largest absolute Gasteiger partial charge is 0.357 e. The molecule has 0 spiro atoms. The van der Waals surface area contributed by atoms with Crippen molar-refractivity contribution in [2.75, 3.05) is 66.0 Å². The fourth-order valence-corrected chi connectivity index (χ4v) is 4.51. The van der Waals surface area contributed by atoms with Crippen LogP contribution in [0.25, 0.3) is 0 Å². The Morgan fingerprint density at radius 1 is 1.04 bits per heavy atom. The van der Waals surface area contributed by atoms with Crippen molar-refractivity contribution in [3.63, 3.8) is 0 Å². The Kier molecular flexibility index (Phi) is 9.76. The Hall–Kier alpha value is -0.610. The Morgan fingerprint density at radius 2 is 1.71 bits per heavy atom. The molecule has 3 aliphatic heterocycles. The second-order valence-corrected chi connectivity index (χ2v) is 8.20. The van der Waals surface area contributed by atoms with Crippen LogP contribution in [-0.2, 0) is 4.79 Å². The van der Waals surface area contributed by atoms with E-state index in [0.717, 1.165) is 71.2 Å². The molecule has 0 saturated carbocycles. The van der Waals surface area contributed by atoms with Gasteiger partial charge in [-0.05, 0) is 53.1 Å². The van der Waals surface area contributed by atoms with E-state index in [9.17, 15) is 4.79 Å². The third-order valence-electron chi connectivity index (χ3n) is 6.39. The highest BCUT2D eigenvalue weighted by Crippen LogP contribution is 2.16. The van der Waals surface area contributed by atoms with E-state index in [0.29, 0.717) is 11.9 Å². The first-order valence-electron chi connectivity index (χ1n) is 10.9. The van der Waals surface area contributed by atoms with Crippen molar-refractivity contribution < 1.29 is 4.79 Å². The maximum Gasteiger partial charge on any atom is 0.239 e. The number of nitrogens with one attached hydrogen (secondary N) is 1. The van der Waals surface area contributed by atoms with Crippen molar-refractivity contribution in [3.05, 3.63) is 0 Å². The molecule has 162 valence electrons. The average Bonchev–Trinajstić information content (AvgIpc) is 3.36. The zero-order valence-corrected chi connectivity index (χ0v) is 20.2. The topological polar surface area (TPSA) is 54.4 Å². The second kappa shape index (κ2) is 11.5. The molecule has 3 rings (SSSR count). The molecule has 28 heavy (non-hydrogen) atoms. The molecule has 0 aliphatic carbocycles. The number of guanidine groups is 1. The molecular weight excluding hydrogens is 467 g/mol. The molecule has 1 N–H and O–H groups in total. The van der Waals surface area contributed by atoms with Gasteiger partial charge in [0, 0.05) is 51.9 Å². The molecule has 3 heterocycles. The van der Waals surface area contributed by atoms with Crippen molar-refractivity contribution in [1.29, 1.82) is 0 Å². The van der Waals surface area contributed by atoms with Gasteiger partial charge >= 0.3 is 0 Å². The summed E-state index contributed by atoms with van der Waals surface area (Å²) >= 11 is 0. The minimum Gasteiger partial charge on any atom is -0.357 e. The summed E-state index contributed by atoms with van der Waals surface area (Å²) in [5.41, 5.74) is 0. The molecule has 2 unspecified atom stereocenters. The van der Waals surface area contributed by atoms with E-state index in [1.165, 1.54) is 19.4 Å². The summed E-state index contributed by atoms with van der Waals surface area (Å²) in [6.07, 6.45) is 4.86. The van der Waals surface area contributed by atoms with Gasteiger partial charge in [0.1, 0.15) is 0 Å². The third-order valence-corrected chi connectivity index (χ3v) is 6.39. The first kappa shape index (κ1) is 23.7. The number of piperazine rings is 1. The van der Waals surface area contributed by atoms with Gasteiger partial charge in [0.25, 0.3) is 0 Å². The zero-order valence-electron chi connectivity index (χ0n) is 17.9. The summed E-state index contributed by atoms with van der Waals surface area (Å²) in [6.45, 7) is 12.8. The maximum absolute atomic E-state index is 12.7. The molecule has 2 atom stereocenters. The fraction of sp³-hybridized carbons (Fsp3) is 0.900. The fourth-order valence-electron chi connectivity index (χ4n) is 4.51. The van der Waals surface area contributed by atoms with E-state index >= 15 is 0 Å². The predicted octanol–water partition coefficient (Wildman–Crippen LogP) is 1.29. The first-order chi connectivity index (χ1) is 13.1. The normalized spacial score (nSPS) is 25.7. The lowest BCUT2D eigenvalue weighted by Crippen LogP contribution is -2.57. The SMILES string of the molecule is CCNC(=NCC1CCCN1C)N1CCN(C(C)C(=O)N2CCCC2)CC1.I. The molecule has 7 nitrogen and oxygen atoms in total. The van der Waals surface area contributed by atoms with Crippen LogP contribution in [0.1, 0.15) is 39.5 Å². The molecule has 1 amide bonds. The first-order valence-corrected chi connectivity index (χ1v) is 10.9. The lowest BCUT2D eigenvalue weighted by molar-refractivity contribution is -0.135. The highest BCUT2D eigenvalue weighted by atomic mass is 127. The summed E-state index contributed by atoms with van der Waals surface area (Å²) in [6, 6.07) is 0.579. The van der Waals surface area contributed by atoms with Gasteiger partial charge in [-0.15, -0.1) is 24.0 Å². The molecule has 0 aromatic rings. The number of carbonyl (C=O) groups is 1. The second-order valence-electron chi connectivity index (χ2n) is 8.20. The van der Waals surface area contributed by atoms with Crippen LogP contribution in [0.4, 0.5) is 0 Å². The van der Waals surface area contributed by atoms with E-state index in [1.54, 1.807) is 0 Å². The molecule has 8 heteroatoms. The number of likely N-dealkylation sites (tertiary alicyclic amines) is 2. The van der Waals surface area contributed by atoms with Crippen molar-refractivity contribution in [2.45, 2.75) is 51.6 Å². The van der Waals surface area contributed by atoms with Crippen LogP contribution < -0.4 is 5.32 Å². The highest BCUT2D eigenvalue weighted by Gasteiger charge is 2.30. The van der Waals surface area contributed by atoms with Crippen LogP contribution in [0.5, 0.6) is 0 Å². The molecule has 0 aromatic carbocycles. The lowest BCUT2D eigenvalue weighted by atomic mass is 10.2. The molecule has 3 aliphatic rings. The summed E-state index contributed by atoms with van der Waals surface area (Å²) < 4.78 is 0. The van der Waals surface area contributed by atoms with Gasteiger partial charge in [-0.3, -0.25) is 14.7 Å². The number of carbonyl (C=O) groups excluding carboxylic acids is 1. The van der Waals surface area contributed by atoms with E-state index in [1.807, 2.05) is 4.90 Å². The van der Waals surface area contributed by atoms with E-state index in [2.05, 4.69) is 40.9 Å². The van der Waals surface area contributed by atoms with E-state index in [4.69, 9.17) is 4.99 Å². The highest BCUT2D eigenvalue weighted by molar-refractivity contribution is 14.0. The number of likely N-dealkylation sites (N-methyl/N-ethyl adjacent to an activating group) is 1. The Bertz CT molecular complexity index is 517. The molecular formula is C20H39IN6O. The monoisotopic (exact) mass is 506 g/mol. The minimum atomic E-state index is -0.00286. The van der Waals surface area contributed by atoms with E-state index in [-0.39, 0.29) is 30.0 Å². The number of rotatable bonds is 5. The molecule has 0 aromatic heterocycles. The van der Waals surface area contributed by atoms with Crippen molar-refractivity contribution in [2.24, 2.45) is 4.99 Å². The van der Waals surface area contributed by atoms with Gasteiger partial charge in [0.2, 0.25) is 5.91 Å². The number of nitrogens with zero attached hydrogens (tertiary/aromatic N) is 5. The number of halogens is 1. The van der Waals surface area contributed by atoms with Gasteiger partial charge in [-0.2, -0.15) is 0 Å². The average molecular weight is 506 g/mol. The number of amides is 1. The van der Waals surface area contributed by atoms with Gasteiger partial charge in [0.15, 0.2) is 5.96 Å². The minimum absolute atomic E-state index is 0. The molecule has 3 saturated heterocycles. The van der Waals surface area contributed by atoms with Gasteiger partial charge in [-0.25, -0.2) is 0 Å². The standard InChI is InChI=1S/C20H38N6O.HI/c1-4-21-20(22-16-18-8-7-9-23(18)3)26-14-12-24(13-15-26)17(2)19(27)25-10-5-6-11-25;/h17-18H,4-16H2,1-3H3,(H,21,22);1H. The maximum atomic E-state index is 12.7. The van der Waals surface area contributed by atoms with Gasteiger partial charge in [0.05, 0.1) is 12.6 Å². The smallest absolute Gasteiger partial charge is 0.239 e. The summed E-state index contributed by atoms with van der Waals surface area (Å²) in [5.74, 6) is 1.35. The molecule has 3 fully saturated rings. The zero-order chi connectivity index (χ0) is 19.2. The van der Waals surface area contributed by atoms with Crippen LogP contribution >= 0.6 is 24.0 Å².